The van der Waals surface area contributed by atoms with Crippen LogP contribution < -0.4 is 9.64 Å². The van der Waals surface area contributed by atoms with Gasteiger partial charge in [0.25, 0.3) is 11.8 Å². The van der Waals surface area contributed by atoms with E-state index in [4.69, 9.17) is 4.74 Å². The first-order valence-corrected chi connectivity index (χ1v) is 8.78. The van der Waals surface area contributed by atoms with Crippen LogP contribution in [0.15, 0.2) is 42.9 Å². The Morgan fingerprint density at radius 3 is 2.52 bits per heavy atom. The molecule has 1 fully saturated rings. The van der Waals surface area contributed by atoms with E-state index in [-0.39, 0.29) is 18.4 Å². The number of piperazine rings is 1. The van der Waals surface area contributed by atoms with Gasteiger partial charge in [-0.15, -0.1) is 0 Å². The fourth-order valence-electron chi connectivity index (χ4n) is 2.80. The predicted octanol–water partition coefficient (Wildman–Crippen LogP) is 0.906. The first-order chi connectivity index (χ1) is 13.1. The minimum atomic E-state index is -0.158. The highest BCUT2D eigenvalue weighted by Gasteiger charge is 2.25. The number of rotatable bonds is 5. The summed E-state index contributed by atoms with van der Waals surface area (Å²) >= 11 is 0. The lowest BCUT2D eigenvalue weighted by molar-refractivity contribution is -0.130. The van der Waals surface area contributed by atoms with Crippen molar-refractivity contribution in [2.75, 3.05) is 51.8 Å². The Labute approximate surface area is 158 Å². The maximum Gasteiger partial charge on any atom is 0.259 e. The van der Waals surface area contributed by atoms with Gasteiger partial charge in [-0.3, -0.25) is 14.6 Å². The van der Waals surface area contributed by atoms with Gasteiger partial charge in [0.2, 0.25) is 0 Å². The second-order valence-electron chi connectivity index (χ2n) is 6.42. The van der Waals surface area contributed by atoms with Gasteiger partial charge in [0.15, 0.2) is 6.61 Å². The van der Waals surface area contributed by atoms with E-state index in [1.807, 2.05) is 0 Å². The molecule has 1 aliphatic heterocycles. The van der Waals surface area contributed by atoms with E-state index in [0.717, 1.165) is 5.82 Å². The van der Waals surface area contributed by atoms with Crippen molar-refractivity contribution in [2.24, 2.45) is 0 Å². The molecule has 0 unspecified atom stereocenters. The summed E-state index contributed by atoms with van der Waals surface area (Å²) in [5, 5.41) is 0. The molecule has 3 rings (SSSR count). The second-order valence-corrected chi connectivity index (χ2v) is 6.42. The Kier molecular flexibility index (Phi) is 5.85. The number of hydrogen-bond acceptors (Lipinski definition) is 6. The molecule has 0 bridgehead atoms. The van der Waals surface area contributed by atoms with Crippen LogP contribution in [0.3, 0.4) is 0 Å². The Morgan fingerprint density at radius 2 is 1.85 bits per heavy atom. The van der Waals surface area contributed by atoms with Crippen molar-refractivity contribution < 1.29 is 14.3 Å². The molecule has 1 saturated heterocycles. The van der Waals surface area contributed by atoms with Crippen LogP contribution in [0.5, 0.6) is 5.75 Å². The SMILES string of the molecule is CN(C)C(=O)COc1ccccc1C(=O)N1CCN(c2cnccn2)CC1. The van der Waals surface area contributed by atoms with Gasteiger partial charge >= 0.3 is 0 Å². The lowest BCUT2D eigenvalue weighted by Crippen LogP contribution is -2.49. The Bertz CT molecular complexity index is 789. The normalized spacial score (nSPS) is 14.0. The van der Waals surface area contributed by atoms with Crippen molar-refractivity contribution in [2.45, 2.75) is 0 Å². The van der Waals surface area contributed by atoms with E-state index in [2.05, 4.69) is 14.9 Å². The molecule has 8 nitrogen and oxygen atoms in total. The zero-order valence-corrected chi connectivity index (χ0v) is 15.5. The zero-order valence-electron chi connectivity index (χ0n) is 15.5. The third-order valence-corrected chi connectivity index (χ3v) is 4.41. The van der Waals surface area contributed by atoms with Crippen LogP contribution in [-0.2, 0) is 4.79 Å². The number of amides is 2. The van der Waals surface area contributed by atoms with E-state index in [1.165, 1.54) is 4.90 Å². The molecule has 0 N–H and O–H groups in total. The number of anilines is 1. The van der Waals surface area contributed by atoms with Gasteiger partial charge in [-0.05, 0) is 12.1 Å². The molecular formula is C19H23N5O3. The number of nitrogens with zero attached hydrogens (tertiary/aromatic N) is 5. The average molecular weight is 369 g/mol. The van der Waals surface area contributed by atoms with Gasteiger partial charge < -0.3 is 19.4 Å². The summed E-state index contributed by atoms with van der Waals surface area (Å²) in [6.07, 6.45) is 5.03. The molecule has 0 saturated carbocycles. The molecule has 27 heavy (non-hydrogen) atoms. The Balaban J connectivity index is 1.64. The summed E-state index contributed by atoms with van der Waals surface area (Å²) in [7, 11) is 3.33. The van der Waals surface area contributed by atoms with Crippen LogP contribution in [0.2, 0.25) is 0 Å². The van der Waals surface area contributed by atoms with Gasteiger partial charge in [0.05, 0.1) is 11.8 Å². The fourth-order valence-corrected chi connectivity index (χ4v) is 2.80. The molecule has 142 valence electrons. The number of likely N-dealkylation sites (N-methyl/N-ethyl adjacent to an activating group) is 1. The highest BCUT2D eigenvalue weighted by atomic mass is 16.5. The Morgan fingerprint density at radius 1 is 1.11 bits per heavy atom. The van der Waals surface area contributed by atoms with Crippen molar-refractivity contribution in [1.82, 2.24) is 19.8 Å². The van der Waals surface area contributed by atoms with Gasteiger partial charge in [0.1, 0.15) is 11.6 Å². The summed E-state index contributed by atoms with van der Waals surface area (Å²) in [5.41, 5.74) is 0.469. The predicted molar refractivity (Wildman–Crippen MR) is 101 cm³/mol. The number of carbonyl (C=O) groups is 2. The lowest BCUT2D eigenvalue weighted by atomic mass is 10.1. The number of benzene rings is 1. The quantitative estimate of drug-likeness (QED) is 0.779. The molecule has 1 aromatic heterocycles. The maximum atomic E-state index is 12.9. The lowest BCUT2D eigenvalue weighted by Gasteiger charge is -2.35. The van der Waals surface area contributed by atoms with Gasteiger partial charge in [0, 0.05) is 52.7 Å². The molecular weight excluding hydrogens is 346 g/mol. The van der Waals surface area contributed by atoms with Gasteiger partial charge in [-0.2, -0.15) is 0 Å². The molecule has 0 spiro atoms. The largest absolute Gasteiger partial charge is 0.483 e. The average Bonchev–Trinajstić information content (AvgIpc) is 2.72. The van der Waals surface area contributed by atoms with Crippen LogP contribution in [0, 0.1) is 0 Å². The second kappa shape index (κ2) is 8.48. The molecule has 0 radical (unpaired) electrons. The molecule has 1 aliphatic rings. The van der Waals surface area contributed by atoms with Crippen LogP contribution in [0.4, 0.5) is 5.82 Å². The number of para-hydroxylation sites is 1. The molecule has 1 aromatic carbocycles. The topological polar surface area (TPSA) is 78.9 Å². The monoisotopic (exact) mass is 369 g/mol. The van der Waals surface area contributed by atoms with Gasteiger partial charge in [-0.1, -0.05) is 12.1 Å². The minimum Gasteiger partial charge on any atom is -0.483 e. The van der Waals surface area contributed by atoms with Crippen LogP contribution in [-0.4, -0.2) is 78.5 Å². The summed E-state index contributed by atoms with van der Waals surface area (Å²) in [4.78, 5) is 38.5. The van der Waals surface area contributed by atoms with E-state index < -0.39 is 0 Å². The number of ether oxygens (including phenoxy) is 1. The number of carbonyl (C=O) groups excluding carboxylic acids is 2. The van der Waals surface area contributed by atoms with Crippen LogP contribution in [0.25, 0.3) is 0 Å². The first-order valence-electron chi connectivity index (χ1n) is 8.78. The smallest absolute Gasteiger partial charge is 0.259 e. The highest BCUT2D eigenvalue weighted by Crippen LogP contribution is 2.21. The molecule has 2 heterocycles. The van der Waals surface area contributed by atoms with Crippen LogP contribution in [0.1, 0.15) is 10.4 Å². The molecule has 8 heteroatoms. The Hall–Kier alpha value is -3.16. The number of aromatic nitrogens is 2. The van der Waals surface area contributed by atoms with Crippen molar-refractivity contribution in [3.63, 3.8) is 0 Å². The minimum absolute atomic E-state index is 0.0957. The van der Waals surface area contributed by atoms with E-state index in [0.29, 0.717) is 37.5 Å². The zero-order chi connectivity index (χ0) is 19.2. The fraction of sp³-hybridized carbons (Fsp3) is 0.368. The summed E-state index contributed by atoms with van der Waals surface area (Å²) in [6, 6.07) is 7.03. The third-order valence-electron chi connectivity index (χ3n) is 4.41. The van der Waals surface area contributed by atoms with Crippen LogP contribution >= 0.6 is 0 Å². The third kappa shape index (κ3) is 4.52. The summed E-state index contributed by atoms with van der Waals surface area (Å²) < 4.78 is 5.60. The van der Waals surface area contributed by atoms with Gasteiger partial charge in [-0.25, -0.2) is 4.98 Å². The van der Waals surface area contributed by atoms with E-state index >= 15 is 0 Å². The molecule has 2 amide bonds. The van der Waals surface area contributed by atoms with Crippen molar-refractivity contribution in [1.29, 1.82) is 0 Å². The van der Waals surface area contributed by atoms with E-state index in [9.17, 15) is 9.59 Å². The van der Waals surface area contributed by atoms with Crippen molar-refractivity contribution >= 4 is 17.6 Å². The molecule has 0 aliphatic carbocycles. The summed E-state index contributed by atoms with van der Waals surface area (Å²) in [6.45, 7) is 2.44. The van der Waals surface area contributed by atoms with Crippen molar-refractivity contribution in [3.8, 4) is 5.75 Å². The van der Waals surface area contributed by atoms with Crippen molar-refractivity contribution in [3.05, 3.63) is 48.4 Å². The first kappa shape index (κ1) is 18.6. The standard InChI is InChI=1S/C19H23N5O3/c1-22(2)18(25)14-27-16-6-4-3-5-15(16)19(26)24-11-9-23(10-12-24)17-13-20-7-8-21-17/h3-8,13H,9-12,14H2,1-2H3. The molecule has 0 atom stereocenters. The highest BCUT2D eigenvalue weighted by molar-refractivity contribution is 5.97. The maximum absolute atomic E-state index is 12.9. The number of hydrogen-bond donors (Lipinski definition) is 0. The van der Waals surface area contributed by atoms with E-state index in [1.54, 1.807) is 61.9 Å². The summed E-state index contributed by atoms with van der Waals surface area (Å²) in [5.74, 6) is 0.987. The molecule has 2 aromatic rings.